The van der Waals surface area contributed by atoms with Crippen molar-refractivity contribution < 1.29 is 4.74 Å². The van der Waals surface area contributed by atoms with Gasteiger partial charge in [0, 0.05) is 7.05 Å². The second kappa shape index (κ2) is 2.51. The molecule has 64 valence electrons. The van der Waals surface area contributed by atoms with Gasteiger partial charge in [0.15, 0.2) is 5.82 Å². The second-order valence-electron chi connectivity index (χ2n) is 2.68. The molecule has 0 saturated carbocycles. The molecule has 1 aromatic rings. The van der Waals surface area contributed by atoms with Gasteiger partial charge in [0.05, 0.1) is 6.54 Å². The van der Waals surface area contributed by atoms with E-state index >= 15 is 0 Å². The van der Waals surface area contributed by atoms with Crippen LogP contribution in [-0.2, 0) is 0 Å². The molecule has 0 atom stereocenters. The van der Waals surface area contributed by atoms with Crippen LogP contribution in [0.25, 0.3) is 0 Å². The van der Waals surface area contributed by atoms with E-state index in [0.717, 1.165) is 12.2 Å². The number of ether oxygens (including phenoxy) is 1. The van der Waals surface area contributed by atoms with E-state index in [9.17, 15) is 0 Å². The fourth-order valence-electron chi connectivity index (χ4n) is 1.23. The summed E-state index contributed by atoms with van der Waals surface area (Å²) in [5.41, 5.74) is 6.45. The maximum absolute atomic E-state index is 5.66. The van der Waals surface area contributed by atoms with Crippen molar-refractivity contribution in [3.05, 3.63) is 6.33 Å². The van der Waals surface area contributed by atoms with Crippen molar-refractivity contribution >= 4 is 11.5 Å². The van der Waals surface area contributed by atoms with Gasteiger partial charge in [0.25, 0.3) is 0 Å². The molecular weight excluding hydrogens is 156 g/mol. The van der Waals surface area contributed by atoms with Gasteiger partial charge in [-0.05, 0) is 0 Å². The maximum Gasteiger partial charge on any atom is 0.243 e. The van der Waals surface area contributed by atoms with Crippen LogP contribution in [0.2, 0.25) is 0 Å². The number of hydrogen-bond donors (Lipinski definition) is 1. The maximum atomic E-state index is 5.66. The van der Waals surface area contributed by atoms with Gasteiger partial charge in [-0.1, -0.05) is 0 Å². The lowest BCUT2D eigenvalue weighted by Crippen LogP contribution is -2.30. The van der Waals surface area contributed by atoms with Crippen molar-refractivity contribution in [1.29, 1.82) is 0 Å². The van der Waals surface area contributed by atoms with Gasteiger partial charge in [-0.3, -0.25) is 0 Å². The highest BCUT2D eigenvalue weighted by molar-refractivity contribution is 5.69. The van der Waals surface area contributed by atoms with E-state index < -0.39 is 0 Å². The second-order valence-corrected chi connectivity index (χ2v) is 2.68. The Kier molecular flexibility index (Phi) is 1.49. The Balaban J connectivity index is 2.53. The van der Waals surface area contributed by atoms with E-state index in [-0.39, 0.29) is 0 Å². The lowest BCUT2D eigenvalue weighted by Gasteiger charge is -2.26. The summed E-state index contributed by atoms with van der Waals surface area (Å²) in [7, 11) is 1.95. The number of nitrogens with two attached hydrogens (primary N) is 1. The molecule has 5 nitrogen and oxygen atoms in total. The Morgan fingerprint density at radius 1 is 1.58 bits per heavy atom. The summed E-state index contributed by atoms with van der Waals surface area (Å²) >= 11 is 0. The zero-order valence-electron chi connectivity index (χ0n) is 6.82. The summed E-state index contributed by atoms with van der Waals surface area (Å²) in [6.07, 6.45) is 1.41. The molecule has 0 saturated heterocycles. The van der Waals surface area contributed by atoms with Crippen molar-refractivity contribution in [2.24, 2.45) is 0 Å². The molecule has 1 aliphatic heterocycles. The summed E-state index contributed by atoms with van der Waals surface area (Å²) in [6.45, 7) is 1.48. The molecule has 2 rings (SSSR count). The van der Waals surface area contributed by atoms with E-state index in [1.807, 2.05) is 11.9 Å². The quantitative estimate of drug-likeness (QED) is 0.582. The SMILES string of the molecule is CN1CCOc2ncnc(N)c21. The van der Waals surface area contributed by atoms with Crippen LogP contribution in [0, 0.1) is 0 Å². The van der Waals surface area contributed by atoms with Crippen LogP contribution in [0.4, 0.5) is 11.5 Å². The van der Waals surface area contributed by atoms with Gasteiger partial charge in [-0.25, -0.2) is 4.98 Å². The van der Waals surface area contributed by atoms with Crippen molar-refractivity contribution in [3.63, 3.8) is 0 Å². The van der Waals surface area contributed by atoms with Crippen molar-refractivity contribution in [2.75, 3.05) is 30.8 Å². The minimum absolute atomic E-state index is 0.474. The van der Waals surface area contributed by atoms with Gasteiger partial charge in [-0.2, -0.15) is 4.98 Å². The standard InChI is InChI=1S/C7H10N4O/c1-11-2-3-12-7-5(11)6(8)9-4-10-7/h4H,2-3H2,1H3,(H2,8,9,10). The first-order valence-electron chi connectivity index (χ1n) is 3.73. The lowest BCUT2D eigenvalue weighted by atomic mass is 10.3. The van der Waals surface area contributed by atoms with Crippen molar-refractivity contribution in [3.8, 4) is 5.88 Å². The molecule has 0 fully saturated rings. The van der Waals surface area contributed by atoms with E-state index in [0.29, 0.717) is 18.3 Å². The number of nitrogen functional groups attached to an aromatic ring is 1. The molecule has 0 radical (unpaired) electrons. The Morgan fingerprint density at radius 3 is 3.17 bits per heavy atom. The molecule has 1 aliphatic rings. The topological polar surface area (TPSA) is 64.3 Å². The fraction of sp³-hybridized carbons (Fsp3) is 0.429. The summed E-state index contributed by atoms with van der Waals surface area (Å²) < 4.78 is 5.30. The number of hydrogen-bond acceptors (Lipinski definition) is 5. The highest BCUT2D eigenvalue weighted by Crippen LogP contribution is 2.31. The molecule has 5 heteroatoms. The molecule has 0 bridgehead atoms. The first-order valence-corrected chi connectivity index (χ1v) is 3.73. The smallest absolute Gasteiger partial charge is 0.243 e. The predicted molar refractivity (Wildman–Crippen MR) is 45.2 cm³/mol. The molecule has 0 spiro atoms. The van der Waals surface area contributed by atoms with Crippen LogP contribution in [-0.4, -0.2) is 30.2 Å². The molecule has 2 heterocycles. The largest absolute Gasteiger partial charge is 0.474 e. The Morgan fingerprint density at radius 2 is 2.42 bits per heavy atom. The first kappa shape index (κ1) is 7.15. The van der Waals surface area contributed by atoms with Gasteiger partial charge < -0.3 is 15.4 Å². The van der Waals surface area contributed by atoms with E-state index in [4.69, 9.17) is 10.5 Å². The third kappa shape index (κ3) is 0.939. The van der Waals surface area contributed by atoms with Crippen molar-refractivity contribution in [2.45, 2.75) is 0 Å². The Labute approximate surface area is 70.2 Å². The summed E-state index contributed by atoms with van der Waals surface area (Å²) in [6, 6.07) is 0. The first-order chi connectivity index (χ1) is 5.79. The van der Waals surface area contributed by atoms with E-state index in [1.165, 1.54) is 6.33 Å². The van der Waals surface area contributed by atoms with Gasteiger partial charge in [-0.15, -0.1) is 0 Å². The number of rotatable bonds is 0. The van der Waals surface area contributed by atoms with Gasteiger partial charge in [0.2, 0.25) is 5.88 Å². The summed E-state index contributed by atoms with van der Waals surface area (Å²) in [5.74, 6) is 1.05. The normalized spacial score (nSPS) is 15.2. The highest BCUT2D eigenvalue weighted by atomic mass is 16.5. The Bertz CT molecular complexity index is 301. The molecule has 0 aromatic carbocycles. The molecule has 0 unspecified atom stereocenters. The number of likely N-dealkylation sites (N-methyl/N-ethyl adjacent to an activating group) is 1. The number of anilines is 2. The zero-order valence-corrected chi connectivity index (χ0v) is 6.82. The molecule has 2 N–H and O–H groups in total. The van der Waals surface area contributed by atoms with Crippen molar-refractivity contribution in [1.82, 2.24) is 9.97 Å². The molecule has 12 heavy (non-hydrogen) atoms. The summed E-state index contributed by atoms with van der Waals surface area (Å²) in [5, 5.41) is 0. The van der Waals surface area contributed by atoms with Gasteiger partial charge >= 0.3 is 0 Å². The third-order valence-corrected chi connectivity index (χ3v) is 1.86. The lowest BCUT2D eigenvalue weighted by molar-refractivity contribution is 0.298. The highest BCUT2D eigenvalue weighted by Gasteiger charge is 2.19. The minimum Gasteiger partial charge on any atom is -0.474 e. The van der Waals surface area contributed by atoms with Crippen LogP contribution < -0.4 is 15.4 Å². The van der Waals surface area contributed by atoms with Crippen LogP contribution in [0.5, 0.6) is 5.88 Å². The van der Waals surface area contributed by atoms with Crippen LogP contribution >= 0.6 is 0 Å². The van der Waals surface area contributed by atoms with E-state index in [2.05, 4.69) is 9.97 Å². The zero-order chi connectivity index (χ0) is 8.55. The Hall–Kier alpha value is -1.52. The number of nitrogens with zero attached hydrogens (tertiary/aromatic N) is 3. The van der Waals surface area contributed by atoms with E-state index in [1.54, 1.807) is 0 Å². The number of aromatic nitrogens is 2. The molecule has 1 aromatic heterocycles. The van der Waals surface area contributed by atoms with Crippen LogP contribution in [0.3, 0.4) is 0 Å². The monoisotopic (exact) mass is 166 g/mol. The fourth-order valence-corrected chi connectivity index (χ4v) is 1.23. The average molecular weight is 166 g/mol. The molecule has 0 aliphatic carbocycles. The van der Waals surface area contributed by atoms with Crippen LogP contribution in [0.1, 0.15) is 0 Å². The van der Waals surface area contributed by atoms with Crippen LogP contribution in [0.15, 0.2) is 6.33 Å². The minimum atomic E-state index is 0.474. The summed E-state index contributed by atoms with van der Waals surface area (Å²) in [4.78, 5) is 9.86. The average Bonchev–Trinajstić information content (AvgIpc) is 2.04. The predicted octanol–water partition coefficient (Wildman–Crippen LogP) is -0.113. The third-order valence-electron chi connectivity index (χ3n) is 1.86. The van der Waals surface area contributed by atoms with Gasteiger partial charge in [0.1, 0.15) is 18.6 Å². The molecular formula is C7H10N4O. The molecule has 0 amide bonds. The number of fused-ring (bicyclic) bond motifs is 1.